The number of nitrogens with two attached hydrogens (primary N) is 1. The largest absolute Gasteiger partial charge is 0.348 e. The third kappa shape index (κ3) is 3.84. The van der Waals surface area contributed by atoms with Crippen molar-refractivity contribution < 1.29 is 4.79 Å². The molecule has 1 aromatic rings. The Bertz CT molecular complexity index is 381. The number of carbonyl (C=O) groups excluding carboxylic acids is 1. The summed E-state index contributed by atoms with van der Waals surface area (Å²) in [4.78, 5) is 12.1. The topological polar surface area (TPSA) is 55.1 Å². The molecule has 0 spiro atoms. The average molecular weight is 248 g/mol. The highest BCUT2D eigenvalue weighted by molar-refractivity contribution is 5.82. The molecule has 1 amide bonds. The van der Waals surface area contributed by atoms with Gasteiger partial charge in [-0.15, -0.1) is 0 Å². The van der Waals surface area contributed by atoms with Crippen LogP contribution in [-0.2, 0) is 4.79 Å². The predicted octanol–water partition coefficient (Wildman–Crippen LogP) is 2.63. The summed E-state index contributed by atoms with van der Waals surface area (Å²) in [6, 6.07) is 9.52. The summed E-state index contributed by atoms with van der Waals surface area (Å²) in [6.07, 6.45) is 0.854. The number of amides is 1. The first-order valence-electron chi connectivity index (χ1n) is 6.47. The molecule has 3 N–H and O–H groups in total. The van der Waals surface area contributed by atoms with Crippen LogP contribution in [0.4, 0.5) is 0 Å². The highest BCUT2D eigenvalue weighted by Gasteiger charge is 2.28. The molecule has 0 saturated heterocycles. The monoisotopic (exact) mass is 248 g/mol. The lowest BCUT2D eigenvalue weighted by Gasteiger charge is -2.28. The van der Waals surface area contributed by atoms with Gasteiger partial charge in [-0.3, -0.25) is 4.79 Å². The van der Waals surface area contributed by atoms with Crippen LogP contribution in [0.5, 0.6) is 0 Å². The molecule has 0 unspecified atom stereocenters. The van der Waals surface area contributed by atoms with E-state index in [1.165, 1.54) is 0 Å². The van der Waals surface area contributed by atoms with E-state index in [2.05, 4.69) is 12.2 Å². The second-order valence-corrected chi connectivity index (χ2v) is 5.72. The molecule has 0 aliphatic heterocycles. The summed E-state index contributed by atoms with van der Waals surface area (Å²) in [6.45, 7) is 7.97. The van der Waals surface area contributed by atoms with Gasteiger partial charge < -0.3 is 11.1 Å². The van der Waals surface area contributed by atoms with Crippen molar-refractivity contribution >= 4 is 5.91 Å². The smallest absolute Gasteiger partial charge is 0.237 e. The fourth-order valence-corrected chi connectivity index (χ4v) is 1.76. The van der Waals surface area contributed by atoms with Gasteiger partial charge in [0.15, 0.2) is 0 Å². The molecule has 0 aliphatic carbocycles. The second-order valence-electron chi connectivity index (χ2n) is 5.72. The predicted molar refractivity (Wildman–Crippen MR) is 75.0 cm³/mol. The number of nitrogens with one attached hydrogen (secondary N) is 1. The fraction of sp³-hybridized carbons (Fsp3) is 0.533. The Balaban J connectivity index is 2.73. The Morgan fingerprint density at radius 1 is 1.28 bits per heavy atom. The molecule has 2 atom stereocenters. The zero-order valence-electron chi connectivity index (χ0n) is 11.7. The van der Waals surface area contributed by atoms with Crippen LogP contribution in [0.3, 0.4) is 0 Å². The van der Waals surface area contributed by atoms with E-state index < -0.39 is 6.04 Å². The minimum absolute atomic E-state index is 0.0344. The molecule has 1 rings (SSSR count). The first kappa shape index (κ1) is 14.7. The van der Waals surface area contributed by atoms with Crippen molar-refractivity contribution in [1.29, 1.82) is 0 Å². The Kier molecular flexibility index (Phi) is 4.91. The molecule has 1 aromatic carbocycles. The van der Waals surface area contributed by atoms with Gasteiger partial charge in [-0.2, -0.15) is 0 Å². The molecule has 0 fully saturated rings. The molecular weight excluding hydrogens is 224 g/mol. The third-order valence-electron chi connectivity index (χ3n) is 3.14. The minimum Gasteiger partial charge on any atom is -0.348 e. The number of carbonyl (C=O) groups is 1. The SMILES string of the molecule is CC[C@H](NC(=O)[C@@H](N)C(C)(C)C)c1ccccc1. The van der Waals surface area contributed by atoms with E-state index in [-0.39, 0.29) is 17.4 Å². The fourth-order valence-electron chi connectivity index (χ4n) is 1.76. The van der Waals surface area contributed by atoms with E-state index in [1.54, 1.807) is 0 Å². The lowest BCUT2D eigenvalue weighted by Crippen LogP contribution is -2.49. The molecule has 0 radical (unpaired) electrons. The molecule has 100 valence electrons. The van der Waals surface area contributed by atoms with E-state index in [1.807, 2.05) is 51.1 Å². The summed E-state index contributed by atoms with van der Waals surface area (Å²) >= 11 is 0. The number of hydrogen-bond donors (Lipinski definition) is 2. The Morgan fingerprint density at radius 2 is 1.83 bits per heavy atom. The van der Waals surface area contributed by atoms with Crippen molar-refractivity contribution in [2.24, 2.45) is 11.1 Å². The molecule has 0 bridgehead atoms. The molecule has 0 aromatic heterocycles. The van der Waals surface area contributed by atoms with Gasteiger partial charge in [0.25, 0.3) is 0 Å². The summed E-state index contributed by atoms with van der Waals surface area (Å²) in [7, 11) is 0. The van der Waals surface area contributed by atoms with Crippen LogP contribution >= 0.6 is 0 Å². The standard InChI is InChI=1S/C15H24N2O/c1-5-12(11-9-7-6-8-10-11)17-14(18)13(16)15(2,3)4/h6-10,12-13H,5,16H2,1-4H3,(H,17,18)/t12-,13+/m0/s1. The maximum atomic E-state index is 12.1. The van der Waals surface area contributed by atoms with Crippen molar-refractivity contribution in [2.45, 2.75) is 46.2 Å². The van der Waals surface area contributed by atoms with Crippen LogP contribution in [0.25, 0.3) is 0 Å². The van der Waals surface area contributed by atoms with Gasteiger partial charge in [0.05, 0.1) is 12.1 Å². The Hall–Kier alpha value is -1.35. The minimum atomic E-state index is -0.490. The number of benzene rings is 1. The van der Waals surface area contributed by atoms with Crippen molar-refractivity contribution in [1.82, 2.24) is 5.32 Å². The highest BCUT2D eigenvalue weighted by atomic mass is 16.2. The second kappa shape index (κ2) is 6.01. The molecule has 3 nitrogen and oxygen atoms in total. The van der Waals surface area contributed by atoms with Gasteiger partial charge in [0, 0.05) is 0 Å². The highest BCUT2D eigenvalue weighted by Crippen LogP contribution is 2.20. The van der Waals surface area contributed by atoms with E-state index in [9.17, 15) is 4.79 Å². The van der Waals surface area contributed by atoms with Crippen molar-refractivity contribution in [3.05, 3.63) is 35.9 Å². The van der Waals surface area contributed by atoms with Gasteiger partial charge in [-0.05, 0) is 17.4 Å². The zero-order valence-corrected chi connectivity index (χ0v) is 11.7. The van der Waals surface area contributed by atoms with Crippen molar-refractivity contribution in [2.75, 3.05) is 0 Å². The molecular formula is C15H24N2O. The molecule has 0 heterocycles. The molecule has 18 heavy (non-hydrogen) atoms. The van der Waals surface area contributed by atoms with Gasteiger partial charge in [-0.1, -0.05) is 58.0 Å². The average Bonchev–Trinajstić information content (AvgIpc) is 2.34. The van der Waals surface area contributed by atoms with Crippen LogP contribution < -0.4 is 11.1 Å². The van der Waals surface area contributed by atoms with Gasteiger partial charge in [0.2, 0.25) is 5.91 Å². The number of rotatable bonds is 4. The van der Waals surface area contributed by atoms with Gasteiger partial charge in [-0.25, -0.2) is 0 Å². The molecule has 0 aliphatic rings. The summed E-state index contributed by atoms with van der Waals surface area (Å²) < 4.78 is 0. The molecule has 0 saturated carbocycles. The lowest BCUT2D eigenvalue weighted by atomic mass is 9.86. The maximum absolute atomic E-state index is 12.1. The quantitative estimate of drug-likeness (QED) is 0.860. The van der Waals surface area contributed by atoms with E-state index in [0.29, 0.717) is 0 Å². The van der Waals surface area contributed by atoms with E-state index in [0.717, 1.165) is 12.0 Å². The first-order valence-corrected chi connectivity index (χ1v) is 6.47. The molecule has 3 heteroatoms. The van der Waals surface area contributed by atoms with Crippen LogP contribution in [-0.4, -0.2) is 11.9 Å². The van der Waals surface area contributed by atoms with Crippen LogP contribution in [0, 0.1) is 5.41 Å². The summed E-state index contributed by atoms with van der Waals surface area (Å²) in [5.74, 6) is -0.0850. The van der Waals surface area contributed by atoms with Crippen molar-refractivity contribution in [3.63, 3.8) is 0 Å². The first-order chi connectivity index (χ1) is 8.36. The number of hydrogen-bond acceptors (Lipinski definition) is 2. The summed E-state index contributed by atoms with van der Waals surface area (Å²) in [5, 5.41) is 3.03. The Morgan fingerprint density at radius 3 is 2.28 bits per heavy atom. The maximum Gasteiger partial charge on any atom is 0.237 e. The lowest BCUT2D eigenvalue weighted by molar-refractivity contribution is -0.125. The van der Waals surface area contributed by atoms with Crippen molar-refractivity contribution in [3.8, 4) is 0 Å². The third-order valence-corrected chi connectivity index (χ3v) is 3.14. The van der Waals surface area contributed by atoms with Gasteiger partial charge in [0.1, 0.15) is 0 Å². The van der Waals surface area contributed by atoms with Crippen LogP contribution in [0.1, 0.15) is 45.7 Å². The zero-order chi connectivity index (χ0) is 13.8. The van der Waals surface area contributed by atoms with E-state index in [4.69, 9.17) is 5.73 Å². The van der Waals surface area contributed by atoms with Gasteiger partial charge >= 0.3 is 0 Å². The van der Waals surface area contributed by atoms with Crippen LogP contribution in [0.2, 0.25) is 0 Å². The summed E-state index contributed by atoms with van der Waals surface area (Å²) in [5.41, 5.74) is 6.86. The van der Waals surface area contributed by atoms with Crippen LogP contribution in [0.15, 0.2) is 30.3 Å². The normalized spacial score (nSPS) is 14.9. The Labute approximate surface area is 110 Å². The van der Waals surface area contributed by atoms with E-state index >= 15 is 0 Å².